The summed E-state index contributed by atoms with van der Waals surface area (Å²) in [7, 11) is 0. The Morgan fingerprint density at radius 2 is 1.46 bits per heavy atom. The zero-order valence-electron chi connectivity index (χ0n) is 13.5. The summed E-state index contributed by atoms with van der Waals surface area (Å²) in [5.74, 6) is -14.9. The minimum atomic E-state index is -5.76. The molecule has 0 aliphatic rings. The molecular formula is C16H7F8NO3. The first-order chi connectivity index (χ1) is 12.8. The smallest absolute Gasteiger partial charge is 0.422 e. The van der Waals surface area contributed by atoms with Gasteiger partial charge in [-0.1, -0.05) is 0 Å². The van der Waals surface area contributed by atoms with Crippen LogP contribution >= 0.6 is 0 Å². The average molecular weight is 413 g/mol. The maximum Gasteiger partial charge on any atom is 0.422 e. The second-order valence-corrected chi connectivity index (χ2v) is 5.19. The molecule has 28 heavy (non-hydrogen) atoms. The molecule has 2 aromatic rings. The van der Waals surface area contributed by atoms with Crippen molar-refractivity contribution in [1.29, 1.82) is 0 Å². The SMILES string of the molecule is CC(=O)Oc1ccc(F)c(C(=O)Nc2c(F)c(F)c(C(F)(F)F)c(F)c2F)c1. The Balaban J connectivity index is 2.50. The van der Waals surface area contributed by atoms with Crippen LogP contribution in [0, 0.1) is 29.1 Å². The van der Waals surface area contributed by atoms with Gasteiger partial charge in [0, 0.05) is 6.92 Å². The van der Waals surface area contributed by atoms with Crippen molar-refractivity contribution in [1.82, 2.24) is 0 Å². The van der Waals surface area contributed by atoms with E-state index >= 15 is 0 Å². The summed E-state index contributed by atoms with van der Waals surface area (Å²) < 4.78 is 111. The highest BCUT2D eigenvalue weighted by Gasteiger charge is 2.42. The molecule has 0 unspecified atom stereocenters. The monoisotopic (exact) mass is 413 g/mol. The molecule has 1 amide bonds. The molecule has 0 bridgehead atoms. The van der Waals surface area contributed by atoms with Crippen molar-refractivity contribution in [3.63, 3.8) is 0 Å². The number of halogens is 8. The molecule has 0 spiro atoms. The topological polar surface area (TPSA) is 55.4 Å². The van der Waals surface area contributed by atoms with Gasteiger partial charge in [0.15, 0.2) is 23.3 Å². The second-order valence-electron chi connectivity index (χ2n) is 5.19. The van der Waals surface area contributed by atoms with Gasteiger partial charge < -0.3 is 10.1 Å². The number of benzene rings is 2. The van der Waals surface area contributed by atoms with Crippen molar-refractivity contribution < 1.29 is 49.4 Å². The third-order valence-electron chi connectivity index (χ3n) is 3.23. The molecule has 0 aliphatic heterocycles. The fourth-order valence-electron chi connectivity index (χ4n) is 2.08. The molecule has 1 N–H and O–H groups in total. The summed E-state index contributed by atoms with van der Waals surface area (Å²) >= 11 is 0. The fraction of sp³-hybridized carbons (Fsp3) is 0.125. The first kappa shape index (κ1) is 21.1. The number of alkyl halides is 3. The van der Waals surface area contributed by atoms with Crippen LogP contribution in [0.15, 0.2) is 18.2 Å². The van der Waals surface area contributed by atoms with Gasteiger partial charge >= 0.3 is 12.1 Å². The predicted octanol–water partition coefficient (Wildman–Crippen LogP) is 4.58. The van der Waals surface area contributed by atoms with Crippen LogP contribution in [0.2, 0.25) is 0 Å². The minimum Gasteiger partial charge on any atom is -0.427 e. The van der Waals surface area contributed by atoms with Crippen LogP contribution in [0.3, 0.4) is 0 Å². The van der Waals surface area contributed by atoms with E-state index in [9.17, 15) is 44.7 Å². The van der Waals surface area contributed by atoms with E-state index in [4.69, 9.17) is 0 Å². The summed E-state index contributed by atoms with van der Waals surface area (Å²) in [4.78, 5) is 22.8. The number of anilines is 1. The predicted molar refractivity (Wildman–Crippen MR) is 76.9 cm³/mol. The number of hydrogen-bond donors (Lipinski definition) is 1. The van der Waals surface area contributed by atoms with Gasteiger partial charge in [0.2, 0.25) is 0 Å². The number of carbonyl (C=O) groups is 2. The van der Waals surface area contributed by atoms with Crippen molar-refractivity contribution in [2.75, 3.05) is 5.32 Å². The number of ether oxygens (including phenoxy) is 1. The van der Waals surface area contributed by atoms with E-state index in [1.807, 2.05) is 0 Å². The molecule has 0 heterocycles. The molecule has 0 saturated carbocycles. The molecule has 4 nitrogen and oxygen atoms in total. The lowest BCUT2D eigenvalue weighted by Gasteiger charge is -2.15. The lowest BCUT2D eigenvalue weighted by molar-refractivity contribution is -0.143. The number of esters is 1. The van der Waals surface area contributed by atoms with Gasteiger partial charge in [-0.2, -0.15) is 13.2 Å². The molecule has 2 aromatic carbocycles. The molecule has 2 rings (SSSR count). The summed E-state index contributed by atoms with van der Waals surface area (Å²) in [6.07, 6.45) is -5.76. The number of amides is 1. The molecule has 0 radical (unpaired) electrons. The molecule has 0 aromatic heterocycles. The van der Waals surface area contributed by atoms with E-state index in [2.05, 4.69) is 4.74 Å². The zero-order chi connectivity index (χ0) is 21.4. The molecule has 0 fully saturated rings. The van der Waals surface area contributed by atoms with E-state index in [-0.39, 0.29) is 5.75 Å². The average Bonchev–Trinajstić information content (AvgIpc) is 2.57. The third kappa shape index (κ3) is 4.05. The Kier molecular flexibility index (Phi) is 5.62. The van der Waals surface area contributed by atoms with Crippen molar-refractivity contribution >= 4 is 17.6 Å². The van der Waals surface area contributed by atoms with Crippen molar-refractivity contribution in [3.8, 4) is 5.75 Å². The second kappa shape index (κ2) is 7.44. The van der Waals surface area contributed by atoms with E-state index in [0.717, 1.165) is 13.0 Å². The van der Waals surface area contributed by atoms with Gasteiger partial charge in [-0.25, -0.2) is 22.0 Å². The number of nitrogens with one attached hydrogen (secondary N) is 1. The van der Waals surface area contributed by atoms with Gasteiger partial charge in [0.1, 0.15) is 22.8 Å². The molecular weight excluding hydrogens is 406 g/mol. The molecule has 12 heteroatoms. The van der Waals surface area contributed by atoms with Gasteiger partial charge in [-0.3, -0.25) is 9.59 Å². The van der Waals surface area contributed by atoms with Gasteiger partial charge in [-0.15, -0.1) is 0 Å². The van der Waals surface area contributed by atoms with Crippen LogP contribution in [0.1, 0.15) is 22.8 Å². The Bertz CT molecular complexity index is 942. The van der Waals surface area contributed by atoms with Crippen LogP contribution < -0.4 is 10.1 Å². The van der Waals surface area contributed by atoms with Crippen LogP contribution in [0.5, 0.6) is 5.75 Å². The number of hydrogen-bond acceptors (Lipinski definition) is 3. The largest absolute Gasteiger partial charge is 0.427 e. The standard InChI is InChI=1S/C16H7F8NO3/c1-5(26)28-6-2-3-8(17)7(4-6)15(27)25-14-12(20)10(18)9(16(22,23)24)11(19)13(14)21/h2-4H,1H3,(H,25,27). The number of carbonyl (C=O) groups excluding carboxylic acids is 2. The van der Waals surface area contributed by atoms with E-state index < -0.39 is 64.0 Å². The van der Waals surface area contributed by atoms with Gasteiger partial charge in [-0.05, 0) is 18.2 Å². The Morgan fingerprint density at radius 1 is 0.929 bits per heavy atom. The zero-order valence-corrected chi connectivity index (χ0v) is 13.5. The Hall–Kier alpha value is -3.18. The van der Waals surface area contributed by atoms with E-state index in [1.165, 1.54) is 5.32 Å². The van der Waals surface area contributed by atoms with Gasteiger partial charge in [0.05, 0.1) is 5.56 Å². The quantitative estimate of drug-likeness (QED) is 0.347. The highest BCUT2D eigenvalue weighted by atomic mass is 19.4. The maximum absolute atomic E-state index is 13.8. The highest BCUT2D eigenvalue weighted by Crippen LogP contribution is 2.38. The van der Waals surface area contributed by atoms with Crippen molar-refractivity contribution in [2.45, 2.75) is 13.1 Å². The summed E-state index contributed by atoms with van der Waals surface area (Å²) in [5.41, 5.74) is -5.70. The molecule has 0 saturated heterocycles. The lowest BCUT2D eigenvalue weighted by Crippen LogP contribution is -2.21. The fourth-order valence-corrected chi connectivity index (χ4v) is 2.08. The van der Waals surface area contributed by atoms with Crippen molar-refractivity contribution in [3.05, 3.63) is 58.4 Å². The van der Waals surface area contributed by atoms with Gasteiger partial charge in [0.25, 0.3) is 5.91 Å². The summed E-state index contributed by atoms with van der Waals surface area (Å²) in [6.45, 7) is 0.974. The van der Waals surface area contributed by atoms with Crippen LogP contribution in [0.25, 0.3) is 0 Å². The van der Waals surface area contributed by atoms with E-state index in [1.54, 1.807) is 0 Å². The van der Waals surface area contributed by atoms with Crippen LogP contribution in [-0.2, 0) is 11.0 Å². The van der Waals surface area contributed by atoms with E-state index in [0.29, 0.717) is 12.1 Å². The first-order valence-electron chi connectivity index (χ1n) is 7.07. The molecule has 0 atom stereocenters. The number of rotatable bonds is 3. The molecule has 0 aliphatic carbocycles. The van der Waals surface area contributed by atoms with Crippen molar-refractivity contribution in [2.24, 2.45) is 0 Å². The lowest BCUT2D eigenvalue weighted by atomic mass is 10.1. The highest BCUT2D eigenvalue weighted by molar-refractivity contribution is 6.05. The Morgan fingerprint density at radius 3 is 1.93 bits per heavy atom. The summed E-state index contributed by atoms with van der Waals surface area (Å²) in [5, 5.41) is 1.26. The van der Waals surface area contributed by atoms with Crippen LogP contribution in [-0.4, -0.2) is 11.9 Å². The maximum atomic E-state index is 13.8. The molecule has 150 valence electrons. The first-order valence-corrected chi connectivity index (χ1v) is 7.07. The van der Waals surface area contributed by atoms with Crippen LogP contribution in [0.4, 0.5) is 40.8 Å². The Labute approximate surface area is 150 Å². The summed E-state index contributed by atoms with van der Waals surface area (Å²) in [6, 6.07) is 2.18. The normalized spacial score (nSPS) is 11.3. The minimum absolute atomic E-state index is 0.357. The third-order valence-corrected chi connectivity index (χ3v) is 3.23.